The number of aliphatic hydroxyl groups is 1. The summed E-state index contributed by atoms with van der Waals surface area (Å²) in [5.41, 5.74) is 0.603. The number of esters is 1. The molecular formula is C14H18O9. The van der Waals surface area contributed by atoms with E-state index in [1.165, 1.54) is 38.5 Å². The van der Waals surface area contributed by atoms with Crippen molar-refractivity contribution in [2.45, 2.75) is 6.10 Å². The number of aromatic hydroxyl groups is 2. The first kappa shape index (κ1) is 20.4. The third kappa shape index (κ3) is 9.09. The zero-order valence-corrected chi connectivity index (χ0v) is 12.5. The van der Waals surface area contributed by atoms with Gasteiger partial charge in [-0.05, 0) is 23.8 Å². The van der Waals surface area contributed by atoms with Crippen LogP contribution in [0.4, 0.5) is 0 Å². The number of hydrogen-bond donors (Lipinski definition) is 4. The Hall–Kier alpha value is -2.62. The molecule has 9 nitrogen and oxygen atoms in total. The molecular weight excluding hydrogens is 312 g/mol. The fourth-order valence-corrected chi connectivity index (χ4v) is 1.08. The molecule has 0 amide bonds. The molecule has 0 saturated carbocycles. The highest BCUT2D eigenvalue weighted by Gasteiger charge is 2.12. The zero-order chi connectivity index (χ0) is 17.8. The number of aliphatic carboxylic acids is 1. The SMILES string of the molecule is COC(=O)/C=C/c1ccc(O)c(O)c1.COOCC(O)C(=O)O. The molecule has 0 aliphatic heterocycles. The Bertz CT molecular complexity index is 539. The predicted octanol–water partition coefficient (Wildman–Crippen LogP) is 0.294. The van der Waals surface area contributed by atoms with Crippen LogP contribution in [0.1, 0.15) is 5.56 Å². The Morgan fingerprint density at radius 1 is 1.22 bits per heavy atom. The number of carboxylic acid groups (broad SMARTS) is 1. The second-order valence-electron chi connectivity index (χ2n) is 3.91. The van der Waals surface area contributed by atoms with Gasteiger partial charge in [0, 0.05) is 6.08 Å². The number of benzene rings is 1. The highest BCUT2D eigenvalue weighted by Crippen LogP contribution is 2.25. The van der Waals surface area contributed by atoms with Crippen molar-refractivity contribution in [3.8, 4) is 11.5 Å². The number of aliphatic hydroxyl groups excluding tert-OH is 1. The second-order valence-corrected chi connectivity index (χ2v) is 3.91. The summed E-state index contributed by atoms with van der Waals surface area (Å²) in [5.74, 6) is -2.22. The second kappa shape index (κ2) is 11.0. The number of carboxylic acids is 1. The minimum Gasteiger partial charge on any atom is -0.504 e. The fourth-order valence-electron chi connectivity index (χ4n) is 1.08. The quantitative estimate of drug-likeness (QED) is 0.190. The summed E-state index contributed by atoms with van der Waals surface area (Å²) in [6.07, 6.45) is 1.20. The first-order chi connectivity index (χ1) is 10.8. The van der Waals surface area contributed by atoms with E-state index in [-0.39, 0.29) is 18.1 Å². The average molecular weight is 330 g/mol. The fraction of sp³-hybridized carbons (Fsp3) is 0.286. The third-order valence-electron chi connectivity index (χ3n) is 2.24. The summed E-state index contributed by atoms with van der Waals surface area (Å²) in [5, 5.41) is 34.6. The van der Waals surface area contributed by atoms with Gasteiger partial charge in [0.15, 0.2) is 17.6 Å². The number of ether oxygens (including phenoxy) is 1. The molecule has 0 fully saturated rings. The highest BCUT2D eigenvalue weighted by molar-refractivity contribution is 5.87. The number of phenolic OH excluding ortho intramolecular Hbond substituents is 2. The number of methoxy groups -OCH3 is 1. The lowest BCUT2D eigenvalue weighted by molar-refractivity contribution is -0.283. The molecule has 0 radical (unpaired) electrons. The van der Waals surface area contributed by atoms with Crippen LogP contribution in [0, 0.1) is 0 Å². The smallest absolute Gasteiger partial charge is 0.335 e. The first-order valence-corrected chi connectivity index (χ1v) is 6.16. The van der Waals surface area contributed by atoms with Gasteiger partial charge in [-0.2, -0.15) is 0 Å². The summed E-state index contributed by atoms with van der Waals surface area (Å²) in [7, 11) is 2.51. The molecule has 9 heteroatoms. The van der Waals surface area contributed by atoms with E-state index in [1.807, 2.05) is 0 Å². The van der Waals surface area contributed by atoms with E-state index in [4.69, 9.17) is 20.4 Å². The predicted molar refractivity (Wildman–Crippen MR) is 77.4 cm³/mol. The van der Waals surface area contributed by atoms with E-state index in [9.17, 15) is 9.59 Å². The van der Waals surface area contributed by atoms with Crippen LogP contribution >= 0.6 is 0 Å². The summed E-state index contributed by atoms with van der Waals surface area (Å²) in [6.45, 7) is -0.355. The van der Waals surface area contributed by atoms with Crippen molar-refractivity contribution >= 4 is 18.0 Å². The van der Waals surface area contributed by atoms with Crippen LogP contribution < -0.4 is 0 Å². The van der Waals surface area contributed by atoms with E-state index in [0.29, 0.717) is 5.56 Å². The van der Waals surface area contributed by atoms with Crippen LogP contribution in [0.2, 0.25) is 0 Å². The van der Waals surface area contributed by atoms with Crippen LogP contribution in [0.3, 0.4) is 0 Å². The lowest BCUT2D eigenvalue weighted by Crippen LogP contribution is -2.24. The molecule has 1 rings (SSSR count). The minimum absolute atomic E-state index is 0.194. The van der Waals surface area contributed by atoms with E-state index >= 15 is 0 Å². The van der Waals surface area contributed by atoms with E-state index in [0.717, 1.165) is 0 Å². The van der Waals surface area contributed by atoms with Gasteiger partial charge in [-0.1, -0.05) is 6.07 Å². The molecule has 1 unspecified atom stereocenters. The molecule has 0 saturated heterocycles. The van der Waals surface area contributed by atoms with Crippen molar-refractivity contribution in [2.24, 2.45) is 0 Å². The summed E-state index contributed by atoms with van der Waals surface area (Å²) >= 11 is 0. The maximum atomic E-state index is 10.7. The number of phenols is 2. The van der Waals surface area contributed by atoms with Gasteiger partial charge in [-0.15, -0.1) is 0 Å². The summed E-state index contributed by atoms with van der Waals surface area (Å²) in [6, 6.07) is 4.25. The van der Waals surface area contributed by atoms with E-state index < -0.39 is 18.0 Å². The number of hydrogen-bond acceptors (Lipinski definition) is 8. The average Bonchev–Trinajstić information content (AvgIpc) is 2.53. The Kier molecular flexibility index (Phi) is 9.76. The van der Waals surface area contributed by atoms with Gasteiger partial charge in [-0.3, -0.25) is 0 Å². The molecule has 0 heterocycles. The summed E-state index contributed by atoms with van der Waals surface area (Å²) in [4.78, 5) is 28.7. The minimum atomic E-state index is -1.51. The van der Waals surface area contributed by atoms with E-state index in [1.54, 1.807) is 6.07 Å². The van der Waals surface area contributed by atoms with Gasteiger partial charge in [0.2, 0.25) is 0 Å². The molecule has 0 aliphatic rings. The lowest BCUT2D eigenvalue weighted by atomic mass is 10.2. The van der Waals surface area contributed by atoms with Crippen LogP contribution in [0.15, 0.2) is 24.3 Å². The Labute approximate surface area is 131 Å². The highest BCUT2D eigenvalue weighted by atomic mass is 17.2. The number of carbonyl (C=O) groups is 2. The molecule has 1 atom stereocenters. The van der Waals surface area contributed by atoms with Crippen LogP contribution in [-0.2, 0) is 24.1 Å². The molecule has 4 N–H and O–H groups in total. The van der Waals surface area contributed by atoms with Crippen molar-refractivity contribution in [1.82, 2.24) is 0 Å². The summed E-state index contributed by atoms with van der Waals surface area (Å²) < 4.78 is 4.39. The van der Waals surface area contributed by atoms with Gasteiger partial charge in [-0.25, -0.2) is 19.4 Å². The molecule has 128 valence electrons. The van der Waals surface area contributed by atoms with Crippen molar-refractivity contribution in [3.63, 3.8) is 0 Å². The first-order valence-electron chi connectivity index (χ1n) is 6.16. The Morgan fingerprint density at radius 2 is 1.87 bits per heavy atom. The Balaban J connectivity index is 0.000000468. The van der Waals surface area contributed by atoms with Crippen LogP contribution in [-0.4, -0.2) is 59.3 Å². The van der Waals surface area contributed by atoms with Crippen molar-refractivity contribution in [1.29, 1.82) is 0 Å². The van der Waals surface area contributed by atoms with Gasteiger partial charge in [0.05, 0.1) is 14.2 Å². The Morgan fingerprint density at radius 3 is 2.35 bits per heavy atom. The van der Waals surface area contributed by atoms with Crippen molar-refractivity contribution in [2.75, 3.05) is 20.8 Å². The largest absolute Gasteiger partial charge is 0.504 e. The van der Waals surface area contributed by atoms with Crippen LogP contribution in [0.25, 0.3) is 6.08 Å². The van der Waals surface area contributed by atoms with Crippen LogP contribution in [0.5, 0.6) is 11.5 Å². The van der Waals surface area contributed by atoms with Crippen molar-refractivity contribution < 1.29 is 44.5 Å². The number of rotatable bonds is 6. The third-order valence-corrected chi connectivity index (χ3v) is 2.24. The normalized spacial score (nSPS) is 11.4. The molecule has 0 spiro atoms. The maximum Gasteiger partial charge on any atom is 0.335 e. The monoisotopic (exact) mass is 330 g/mol. The lowest BCUT2D eigenvalue weighted by Gasteiger charge is -2.01. The molecule has 0 aromatic heterocycles. The van der Waals surface area contributed by atoms with Gasteiger partial charge >= 0.3 is 11.9 Å². The molecule has 1 aromatic rings. The standard InChI is InChI=1S/C10H10O4.C4H8O5/c1-14-10(13)5-3-7-2-4-8(11)9(12)6-7;1-8-9-2-3(5)4(6)7/h2-6,11-12H,1H3;3,5H,2H2,1H3,(H,6,7)/b5-3+;. The van der Waals surface area contributed by atoms with Gasteiger partial charge in [0.1, 0.15) is 6.61 Å². The molecule has 23 heavy (non-hydrogen) atoms. The topological polar surface area (TPSA) is 143 Å². The number of carbonyl (C=O) groups excluding carboxylic acids is 1. The molecule has 1 aromatic carbocycles. The molecule has 0 aliphatic carbocycles. The van der Waals surface area contributed by atoms with Crippen molar-refractivity contribution in [3.05, 3.63) is 29.8 Å². The zero-order valence-electron chi connectivity index (χ0n) is 12.5. The molecule has 0 bridgehead atoms. The van der Waals surface area contributed by atoms with Gasteiger partial charge in [0.25, 0.3) is 0 Å². The van der Waals surface area contributed by atoms with Gasteiger partial charge < -0.3 is 25.2 Å². The maximum absolute atomic E-state index is 10.7. The van der Waals surface area contributed by atoms with E-state index in [2.05, 4.69) is 14.5 Å².